The van der Waals surface area contributed by atoms with Gasteiger partial charge in [-0.25, -0.2) is 4.79 Å². The molecule has 0 spiro atoms. The lowest BCUT2D eigenvalue weighted by Crippen LogP contribution is -2.62. The van der Waals surface area contributed by atoms with E-state index in [1.807, 2.05) is 0 Å². The standard InChI is InChI=1S/C3H8N4O.H2O/c4-2-5-1-6-3(8)7-2;/h2,5H,1,4H2,(H2,6,7,8);1H2. The monoisotopic (exact) mass is 134 g/mol. The van der Waals surface area contributed by atoms with E-state index < -0.39 is 6.29 Å². The van der Waals surface area contributed by atoms with E-state index in [1.54, 1.807) is 0 Å². The summed E-state index contributed by atoms with van der Waals surface area (Å²) >= 11 is 0. The summed E-state index contributed by atoms with van der Waals surface area (Å²) in [4.78, 5) is 10.3. The molecule has 9 heavy (non-hydrogen) atoms. The highest BCUT2D eigenvalue weighted by Gasteiger charge is 2.10. The van der Waals surface area contributed by atoms with Crippen LogP contribution in [0.3, 0.4) is 0 Å². The molecule has 1 heterocycles. The molecule has 0 bridgehead atoms. The number of hydrogen-bond acceptors (Lipinski definition) is 3. The third kappa shape index (κ3) is 2.27. The lowest BCUT2D eigenvalue weighted by Gasteiger charge is -2.21. The maximum Gasteiger partial charge on any atom is 0.318 e. The van der Waals surface area contributed by atoms with Gasteiger partial charge in [-0.05, 0) is 0 Å². The molecule has 0 aromatic rings. The van der Waals surface area contributed by atoms with E-state index in [0.717, 1.165) is 0 Å². The maximum absolute atomic E-state index is 10.3. The van der Waals surface area contributed by atoms with Crippen LogP contribution in [0.15, 0.2) is 0 Å². The second-order valence-corrected chi connectivity index (χ2v) is 1.51. The molecule has 1 rings (SSSR count). The fraction of sp³-hybridized carbons (Fsp3) is 0.667. The molecule has 7 N–H and O–H groups in total. The van der Waals surface area contributed by atoms with Crippen molar-refractivity contribution in [2.45, 2.75) is 6.29 Å². The zero-order chi connectivity index (χ0) is 5.98. The van der Waals surface area contributed by atoms with E-state index >= 15 is 0 Å². The zero-order valence-electron chi connectivity index (χ0n) is 4.77. The Balaban J connectivity index is 0.000000640. The molecule has 1 atom stereocenters. The SMILES string of the molecule is NC1NCNC(=O)N1.O. The summed E-state index contributed by atoms with van der Waals surface area (Å²) in [7, 11) is 0. The lowest BCUT2D eigenvalue weighted by molar-refractivity contribution is 0.223. The van der Waals surface area contributed by atoms with Crippen molar-refractivity contribution in [1.29, 1.82) is 0 Å². The largest absolute Gasteiger partial charge is 0.412 e. The predicted molar refractivity (Wildman–Crippen MR) is 31.3 cm³/mol. The summed E-state index contributed by atoms with van der Waals surface area (Å²) in [5.74, 6) is 0. The Bertz CT molecular complexity index is 106. The van der Waals surface area contributed by atoms with Crippen LogP contribution in [0.25, 0.3) is 0 Å². The molecule has 6 nitrogen and oxygen atoms in total. The van der Waals surface area contributed by atoms with Gasteiger partial charge in [0, 0.05) is 0 Å². The van der Waals surface area contributed by atoms with E-state index in [9.17, 15) is 4.79 Å². The van der Waals surface area contributed by atoms with Crippen LogP contribution in [0.1, 0.15) is 0 Å². The van der Waals surface area contributed by atoms with Gasteiger partial charge >= 0.3 is 6.03 Å². The van der Waals surface area contributed by atoms with Gasteiger partial charge in [-0.15, -0.1) is 0 Å². The Kier molecular flexibility index (Phi) is 2.93. The lowest BCUT2D eigenvalue weighted by atomic mass is 10.7. The van der Waals surface area contributed by atoms with Gasteiger partial charge in [0.15, 0.2) is 0 Å². The minimum atomic E-state index is -0.399. The summed E-state index contributed by atoms with van der Waals surface area (Å²) in [5, 5.41) is 7.61. The molecule has 1 saturated heterocycles. The summed E-state index contributed by atoms with van der Waals surface area (Å²) in [5.41, 5.74) is 5.24. The molecule has 0 radical (unpaired) electrons. The molecule has 1 aliphatic heterocycles. The first-order valence-corrected chi connectivity index (χ1v) is 2.32. The van der Waals surface area contributed by atoms with Gasteiger partial charge in [-0.3, -0.25) is 11.1 Å². The highest BCUT2D eigenvalue weighted by atomic mass is 16.2. The summed E-state index contributed by atoms with van der Waals surface area (Å²) < 4.78 is 0. The Hall–Kier alpha value is -0.850. The smallest absolute Gasteiger partial charge is 0.318 e. The van der Waals surface area contributed by atoms with Crippen LogP contribution in [-0.4, -0.2) is 24.5 Å². The summed E-state index contributed by atoms with van der Waals surface area (Å²) in [6.07, 6.45) is -0.399. The van der Waals surface area contributed by atoms with Crippen LogP contribution in [0.4, 0.5) is 4.79 Å². The quantitative estimate of drug-likeness (QED) is 0.288. The minimum absolute atomic E-state index is 0. The average molecular weight is 134 g/mol. The van der Waals surface area contributed by atoms with Crippen molar-refractivity contribution in [3.05, 3.63) is 0 Å². The van der Waals surface area contributed by atoms with Crippen molar-refractivity contribution in [3.63, 3.8) is 0 Å². The molecule has 2 amide bonds. The molecular weight excluding hydrogens is 124 g/mol. The Labute approximate surface area is 52.1 Å². The number of carbonyl (C=O) groups is 1. The highest BCUT2D eigenvalue weighted by molar-refractivity contribution is 5.74. The molecule has 6 heteroatoms. The van der Waals surface area contributed by atoms with Gasteiger partial charge in [0.25, 0.3) is 0 Å². The number of hydrogen-bond donors (Lipinski definition) is 4. The number of urea groups is 1. The topological polar surface area (TPSA) is 111 Å². The summed E-state index contributed by atoms with van der Waals surface area (Å²) in [6.45, 7) is 0.438. The molecule has 0 aliphatic carbocycles. The van der Waals surface area contributed by atoms with E-state index in [4.69, 9.17) is 5.73 Å². The molecule has 54 valence electrons. The maximum atomic E-state index is 10.3. The van der Waals surface area contributed by atoms with E-state index in [2.05, 4.69) is 16.0 Å². The first kappa shape index (κ1) is 8.15. The highest BCUT2D eigenvalue weighted by Crippen LogP contribution is 1.71. The first-order valence-electron chi connectivity index (χ1n) is 2.32. The van der Waals surface area contributed by atoms with Crippen molar-refractivity contribution in [2.24, 2.45) is 5.73 Å². The molecule has 0 saturated carbocycles. The minimum Gasteiger partial charge on any atom is -0.412 e. The van der Waals surface area contributed by atoms with Gasteiger partial charge in [0.1, 0.15) is 6.29 Å². The first-order chi connectivity index (χ1) is 3.79. The van der Waals surface area contributed by atoms with Crippen molar-refractivity contribution in [1.82, 2.24) is 16.0 Å². The van der Waals surface area contributed by atoms with Gasteiger partial charge in [-0.1, -0.05) is 0 Å². The molecule has 0 aromatic heterocycles. The third-order valence-electron chi connectivity index (χ3n) is 0.858. The molecule has 1 fully saturated rings. The zero-order valence-corrected chi connectivity index (χ0v) is 4.77. The number of amides is 2. The van der Waals surface area contributed by atoms with Crippen LogP contribution in [0, 0.1) is 0 Å². The van der Waals surface area contributed by atoms with Gasteiger partial charge < -0.3 is 16.1 Å². The van der Waals surface area contributed by atoms with E-state index in [1.165, 1.54) is 0 Å². The van der Waals surface area contributed by atoms with E-state index in [-0.39, 0.29) is 11.5 Å². The molecule has 1 unspecified atom stereocenters. The third-order valence-corrected chi connectivity index (χ3v) is 0.858. The Morgan fingerprint density at radius 2 is 2.33 bits per heavy atom. The van der Waals surface area contributed by atoms with Crippen molar-refractivity contribution in [2.75, 3.05) is 6.67 Å². The van der Waals surface area contributed by atoms with Gasteiger partial charge in [0.05, 0.1) is 6.67 Å². The fourth-order valence-electron chi connectivity index (χ4n) is 0.485. The van der Waals surface area contributed by atoms with Crippen LogP contribution in [-0.2, 0) is 0 Å². The number of nitrogens with one attached hydrogen (secondary N) is 3. The normalized spacial score (nSPS) is 25.4. The van der Waals surface area contributed by atoms with Crippen LogP contribution in [0.5, 0.6) is 0 Å². The fourth-order valence-corrected chi connectivity index (χ4v) is 0.485. The van der Waals surface area contributed by atoms with Gasteiger partial charge in [0.2, 0.25) is 0 Å². The number of carbonyl (C=O) groups excluding carboxylic acids is 1. The van der Waals surface area contributed by atoms with Crippen LogP contribution >= 0.6 is 0 Å². The van der Waals surface area contributed by atoms with Gasteiger partial charge in [-0.2, -0.15) is 0 Å². The molecule has 0 aromatic carbocycles. The Morgan fingerprint density at radius 3 is 2.67 bits per heavy atom. The second-order valence-electron chi connectivity index (χ2n) is 1.51. The number of rotatable bonds is 0. The van der Waals surface area contributed by atoms with Crippen LogP contribution < -0.4 is 21.7 Å². The Morgan fingerprint density at radius 1 is 1.67 bits per heavy atom. The second kappa shape index (κ2) is 3.23. The average Bonchev–Trinajstić information content (AvgIpc) is 1.64. The summed E-state index contributed by atoms with van der Waals surface area (Å²) in [6, 6.07) is -0.226. The van der Waals surface area contributed by atoms with Crippen LogP contribution in [0.2, 0.25) is 0 Å². The molecule has 1 aliphatic rings. The van der Waals surface area contributed by atoms with Crippen molar-refractivity contribution >= 4 is 6.03 Å². The predicted octanol–water partition coefficient (Wildman–Crippen LogP) is -2.74. The van der Waals surface area contributed by atoms with Crippen molar-refractivity contribution in [3.8, 4) is 0 Å². The molecular formula is C3H10N4O2. The van der Waals surface area contributed by atoms with Crippen molar-refractivity contribution < 1.29 is 10.3 Å². The number of nitrogens with two attached hydrogens (primary N) is 1. The van der Waals surface area contributed by atoms with E-state index in [0.29, 0.717) is 6.67 Å².